The van der Waals surface area contributed by atoms with E-state index in [1.165, 1.54) is 13.8 Å². The first-order valence-corrected chi connectivity index (χ1v) is 8.37. The van der Waals surface area contributed by atoms with Gasteiger partial charge >= 0.3 is 12.4 Å². The molecule has 0 bridgehead atoms. The molecule has 27 heavy (non-hydrogen) atoms. The topological polar surface area (TPSA) is 41.1 Å². The molecule has 154 valence electrons. The molecule has 0 saturated heterocycles. The van der Waals surface area contributed by atoms with E-state index in [1.54, 1.807) is 7.05 Å². The molecular weight excluding hydrogens is 374 g/mol. The van der Waals surface area contributed by atoms with Gasteiger partial charge in [-0.05, 0) is 57.0 Å². The minimum Gasteiger partial charge on any atom is -0.346 e. The quantitative estimate of drug-likeness (QED) is 0.682. The van der Waals surface area contributed by atoms with Gasteiger partial charge < -0.3 is 10.6 Å². The average Bonchev–Trinajstić information content (AvgIpc) is 2.49. The number of rotatable bonds is 6. The Morgan fingerprint density at radius 2 is 1.33 bits per heavy atom. The minimum atomic E-state index is -4.94. The molecule has 1 aromatic carbocycles. The van der Waals surface area contributed by atoms with Crippen LogP contribution in [0.2, 0.25) is 0 Å². The SMILES string of the molecule is CN[C@H](CC(C)C)C(=O)NC(C)(C)c1cc(C(F)(F)F)cc(C(F)(F)F)c1. The lowest BCUT2D eigenvalue weighted by atomic mass is 9.90. The van der Waals surface area contributed by atoms with Crippen molar-refractivity contribution in [3.63, 3.8) is 0 Å². The highest BCUT2D eigenvalue weighted by atomic mass is 19.4. The molecule has 0 aliphatic rings. The van der Waals surface area contributed by atoms with Crippen molar-refractivity contribution >= 4 is 5.91 Å². The molecule has 0 aliphatic heterocycles. The molecule has 0 aromatic heterocycles. The Bertz CT molecular complexity index is 633. The summed E-state index contributed by atoms with van der Waals surface area (Å²) in [7, 11) is 1.56. The number of amides is 1. The third-order valence-corrected chi connectivity index (χ3v) is 4.12. The van der Waals surface area contributed by atoms with Gasteiger partial charge in [0.25, 0.3) is 0 Å². The molecule has 0 radical (unpaired) electrons. The maximum absolute atomic E-state index is 13.0. The third kappa shape index (κ3) is 6.41. The predicted octanol–water partition coefficient (Wildman–Crippen LogP) is 4.71. The number of halogens is 6. The summed E-state index contributed by atoms with van der Waals surface area (Å²) in [5, 5.41) is 5.36. The van der Waals surface area contributed by atoms with Crippen LogP contribution in [0.5, 0.6) is 0 Å². The highest BCUT2D eigenvalue weighted by Gasteiger charge is 2.39. The zero-order chi connectivity index (χ0) is 21.2. The lowest BCUT2D eigenvalue weighted by molar-refractivity contribution is -0.143. The standard InChI is InChI=1S/C18H24F6N2O/c1-10(2)6-14(25-5)15(27)26-16(3,4)11-7-12(17(19,20)21)9-13(8-11)18(22,23)24/h7-10,14,25H,6H2,1-5H3,(H,26,27)/t14-/m1/s1. The van der Waals surface area contributed by atoms with E-state index < -0.39 is 41.0 Å². The second-order valence-corrected chi connectivity index (χ2v) is 7.38. The molecule has 0 heterocycles. The van der Waals surface area contributed by atoms with Gasteiger partial charge in [0.2, 0.25) is 5.91 Å². The summed E-state index contributed by atoms with van der Waals surface area (Å²) < 4.78 is 78.3. The molecule has 0 fully saturated rings. The van der Waals surface area contributed by atoms with E-state index in [0.717, 1.165) is 0 Å². The normalized spacial score (nSPS) is 14.4. The number of likely N-dealkylation sites (N-methyl/N-ethyl adjacent to an activating group) is 1. The summed E-state index contributed by atoms with van der Waals surface area (Å²) >= 11 is 0. The number of nitrogens with one attached hydrogen (secondary N) is 2. The monoisotopic (exact) mass is 398 g/mol. The van der Waals surface area contributed by atoms with Crippen LogP contribution in [-0.4, -0.2) is 19.0 Å². The molecule has 9 heteroatoms. The van der Waals surface area contributed by atoms with Gasteiger partial charge in [-0.1, -0.05) is 13.8 Å². The minimum absolute atomic E-state index is 0.0660. The lowest BCUT2D eigenvalue weighted by Crippen LogP contribution is -2.50. The second kappa shape index (κ2) is 8.08. The highest BCUT2D eigenvalue weighted by Crippen LogP contribution is 2.38. The van der Waals surface area contributed by atoms with Crippen LogP contribution in [0, 0.1) is 5.92 Å². The molecule has 2 N–H and O–H groups in total. The maximum Gasteiger partial charge on any atom is 0.416 e. The molecule has 0 unspecified atom stereocenters. The highest BCUT2D eigenvalue weighted by molar-refractivity contribution is 5.82. The zero-order valence-electron chi connectivity index (χ0n) is 15.8. The number of carbonyl (C=O) groups excluding carboxylic acids is 1. The Balaban J connectivity index is 3.30. The van der Waals surface area contributed by atoms with Gasteiger partial charge in [-0.15, -0.1) is 0 Å². The van der Waals surface area contributed by atoms with Crippen molar-refractivity contribution in [3.8, 4) is 0 Å². The van der Waals surface area contributed by atoms with Crippen LogP contribution in [0.15, 0.2) is 18.2 Å². The first-order valence-electron chi connectivity index (χ1n) is 8.37. The van der Waals surface area contributed by atoms with Crippen molar-refractivity contribution in [1.82, 2.24) is 10.6 Å². The Hall–Kier alpha value is -1.77. The molecule has 3 nitrogen and oxygen atoms in total. The summed E-state index contributed by atoms with van der Waals surface area (Å²) in [6, 6.07) is 0.715. The van der Waals surface area contributed by atoms with Gasteiger partial charge in [-0.2, -0.15) is 26.3 Å². The van der Waals surface area contributed by atoms with Crippen molar-refractivity contribution in [3.05, 3.63) is 34.9 Å². The van der Waals surface area contributed by atoms with Crippen molar-refractivity contribution in [2.24, 2.45) is 5.92 Å². The van der Waals surface area contributed by atoms with Crippen molar-refractivity contribution in [2.45, 2.75) is 58.0 Å². The third-order valence-electron chi connectivity index (χ3n) is 4.12. The predicted molar refractivity (Wildman–Crippen MR) is 89.9 cm³/mol. The van der Waals surface area contributed by atoms with E-state index >= 15 is 0 Å². The molecule has 0 aliphatic carbocycles. The fourth-order valence-corrected chi connectivity index (χ4v) is 2.61. The van der Waals surface area contributed by atoms with Crippen molar-refractivity contribution in [1.29, 1.82) is 0 Å². The van der Waals surface area contributed by atoms with E-state index in [1.807, 2.05) is 13.8 Å². The molecule has 1 atom stereocenters. The first-order chi connectivity index (χ1) is 12.1. The lowest BCUT2D eigenvalue weighted by Gasteiger charge is -2.31. The van der Waals surface area contributed by atoms with Crippen LogP contribution in [-0.2, 0) is 22.7 Å². The fourth-order valence-electron chi connectivity index (χ4n) is 2.61. The summed E-state index contributed by atoms with van der Waals surface area (Å²) in [4.78, 5) is 12.4. The zero-order valence-corrected chi connectivity index (χ0v) is 15.8. The van der Waals surface area contributed by atoms with Gasteiger partial charge in [0.05, 0.1) is 22.7 Å². The Morgan fingerprint density at radius 1 is 0.926 bits per heavy atom. The second-order valence-electron chi connectivity index (χ2n) is 7.38. The summed E-state index contributed by atoms with van der Waals surface area (Å²) in [5.41, 5.74) is -4.55. The number of carbonyl (C=O) groups is 1. The summed E-state index contributed by atoms with van der Waals surface area (Å²) in [5.74, 6) is -0.330. The number of hydrogen-bond donors (Lipinski definition) is 2. The molecule has 1 aromatic rings. The van der Waals surface area contributed by atoms with Crippen LogP contribution >= 0.6 is 0 Å². The van der Waals surface area contributed by atoms with Crippen molar-refractivity contribution in [2.75, 3.05) is 7.05 Å². The number of hydrogen-bond acceptors (Lipinski definition) is 2. The van der Waals surface area contributed by atoms with Crippen LogP contribution in [0.1, 0.15) is 50.8 Å². The van der Waals surface area contributed by atoms with Gasteiger partial charge in [0.15, 0.2) is 0 Å². The van der Waals surface area contributed by atoms with Crippen LogP contribution < -0.4 is 10.6 Å². The van der Waals surface area contributed by atoms with E-state index in [0.29, 0.717) is 18.6 Å². The maximum atomic E-state index is 13.0. The Morgan fingerprint density at radius 3 is 1.67 bits per heavy atom. The van der Waals surface area contributed by atoms with Gasteiger partial charge in [-0.3, -0.25) is 4.79 Å². The van der Waals surface area contributed by atoms with Gasteiger partial charge in [0.1, 0.15) is 0 Å². The van der Waals surface area contributed by atoms with Crippen LogP contribution in [0.4, 0.5) is 26.3 Å². The largest absolute Gasteiger partial charge is 0.416 e. The summed E-state index contributed by atoms with van der Waals surface area (Å²) in [6.45, 7) is 6.52. The van der Waals surface area contributed by atoms with Crippen molar-refractivity contribution < 1.29 is 31.1 Å². The molecule has 0 saturated carbocycles. The van der Waals surface area contributed by atoms with Crippen LogP contribution in [0.25, 0.3) is 0 Å². The van der Waals surface area contributed by atoms with E-state index in [2.05, 4.69) is 10.6 Å². The Kier molecular flexibility index (Phi) is 6.96. The van der Waals surface area contributed by atoms with E-state index in [-0.39, 0.29) is 17.5 Å². The number of benzene rings is 1. The average molecular weight is 398 g/mol. The Labute approximate surface area is 154 Å². The smallest absolute Gasteiger partial charge is 0.346 e. The first kappa shape index (κ1) is 23.3. The number of alkyl halides is 6. The molecular formula is C18H24F6N2O. The van der Waals surface area contributed by atoms with Gasteiger partial charge in [0, 0.05) is 0 Å². The van der Waals surface area contributed by atoms with Crippen LogP contribution in [0.3, 0.4) is 0 Å². The van der Waals surface area contributed by atoms with E-state index in [9.17, 15) is 31.1 Å². The molecule has 1 amide bonds. The molecule has 1 rings (SSSR count). The fraction of sp³-hybridized carbons (Fsp3) is 0.611. The molecule has 0 spiro atoms. The van der Waals surface area contributed by atoms with E-state index in [4.69, 9.17) is 0 Å². The summed E-state index contributed by atoms with van der Waals surface area (Å²) in [6.07, 6.45) is -9.42. The van der Waals surface area contributed by atoms with Gasteiger partial charge in [-0.25, -0.2) is 0 Å².